The van der Waals surface area contributed by atoms with E-state index in [1.165, 1.54) is 7.11 Å². The third-order valence-electron chi connectivity index (χ3n) is 2.70. The van der Waals surface area contributed by atoms with Gasteiger partial charge in [0.15, 0.2) is 0 Å². The third kappa shape index (κ3) is 5.55. The van der Waals surface area contributed by atoms with E-state index in [0.29, 0.717) is 19.4 Å². The van der Waals surface area contributed by atoms with E-state index in [9.17, 15) is 9.59 Å². The van der Waals surface area contributed by atoms with E-state index >= 15 is 0 Å². The van der Waals surface area contributed by atoms with E-state index in [1.807, 2.05) is 25.1 Å². The molecular formula is C15H20O4. The summed E-state index contributed by atoms with van der Waals surface area (Å²) in [5, 5.41) is 0. The summed E-state index contributed by atoms with van der Waals surface area (Å²) in [6.07, 6.45) is 1.23. The van der Waals surface area contributed by atoms with Crippen LogP contribution in [0.15, 0.2) is 18.2 Å². The molecule has 0 fully saturated rings. The molecule has 0 atom stereocenters. The summed E-state index contributed by atoms with van der Waals surface area (Å²) in [5.74, 6) is -0.458. The molecule has 0 aliphatic carbocycles. The molecule has 0 spiro atoms. The van der Waals surface area contributed by atoms with Gasteiger partial charge in [-0.2, -0.15) is 0 Å². The second kappa shape index (κ2) is 7.56. The van der Waals surface area contributed by atoms with Crippen LogP contribution in [0, 0.1) is 6.92 Å². The molecule has 4 heteroatoms. The Morgan fingerprint density at radius 1 is 1.11 bits per heavy atom. The Hall–Kier alpha value is -1.84. The van der Waals surface area contributed by atoms with Crippen LogP contribution in [0.25, 0.3) is 0 Å². The van der Waals surface area contributed by atoms with Gasteiger partial charge in [-0.3, -0.25) is 9.59 Å². The number of esters is 2. The Balaban J connectivity index is 2.68. The molecule has 4 nitrogen and oxygen atoms in total. The molecule has 0 unspecified atom stereocenters. The highest BCUT2D eigenvalue weighted by Crippen LogP contribution is 2.13. The summed E-state index contributed by atoms with van der Waals surface area (Å²) in [6, 6.07) is 5.90. The van der Waals surface area contributed by atoms with Gasteiger partial charge < -0.3 is 9.47 Å². The van der Waals surface area contributed by atoms with Gasteiger partial charge in [0.2, 0.25) is 0 Å². The number of rotatable bonds is 6. The van der Waals surface area contributed by atoms with Crippen LogP contribution in [-0.2, 0) is 31.9 Å². The SMILES string of the molecule is CCOC(=O)CCc1cc(C)cc(CC(=O)OC)c1. The lowest BCUT2D eigenvalue weighted by molar-refractivity contribution is -0.143. The van der Waals surface area contributed by atoms with Crippen molar-refractivity contribution in [3.8, 4) is 0 Å². The molecule has 0 amide bonds. The van der Waals surface area contributed by atoms with E-state index < -0.39 is 0 Å². The van der Waals surface area contributed by atoms with Gasteiger partial charge >= 0.3 is 11.9 Å². The fraction of sp³-hybridized carbons (Fsp3) is 0.467. The highest BCUT2D eigenvalue weighted by atomic mass is 16.5. The summed E-state index contributed by atoms with van der Waals surface area (Å²) in [6.45, 7) is 4.16. The normalized spacial score (nSPS) is 10.1. The molecule has 1 rings (SSSR count). The number of carbonyl (C=O) groups is 2. The summed E-state index contributed by atoms with van der Waals surface area (Å²) in [5.41, 5.74) is 3.01. The molecule has 0 aliphatic rings. The van der Waals surface area contributed by atoms with E-state index in [4.69, 9.17) is 4.74 Å². The third-order valence-corrected chi connectivity index (χ3v) is 2.70. The van der Waals surface area contributed by atoms with Gasteiger partial charge in [-0.05, 0) is 31.4 Å². The lowest BCUT2D eigenvalue weighted by Crippen LogP contribution is -2.07. The fourth-order valence-corrected chi connectivity index (χ4v) is 1.91. The molecule has 0 N–H and O–H groups in total. The van der Waals surface area contributed by atoms with Crippen LogP contribution in [0.1, 0.15) is 30.0 Å². The van der Waals surface area contributed by atoms with Gasteiger partial charge in [0.25, 0.3) is 0 Å². The average Bonchev–Trinajstić information content (AvgIpc) is 2.36. The zero-order chi connectivity index (χ0) is 14.3. The van der Waals surface area contributed by atoms with E-state index in [0.717, 1.165) is 16.7 Å². The number of hydrogen-bond acceptors (Lipinski definition) is 4. The number of aryl methyl sites for hydroxylation is 2. The summed E-state index contributed by atoms with van der Waals surface area (Å²) >= 11 is 0. The minimum absolute atomic E-state index is 0.196. The van der Waals surface area contributed by atoms with Crippen molar-refractivity contribution >= 4 is 11.9 Å². The van der Waals surface area contributed by atoms with Crippen molar-refractivity contribution in [3.05, 3.63) is 34.9 Å². The largest absolute Gasteiger partial charge is 0.469 e. The smallest absolute Gasteiger partial charge is 0.309 e. The van der Waals surface area contributed by atoms with Gasteiger partial charge in [0.05, 0.1) is 20.1 Å². The van der Waals surface area contributed by atoms with Crippen LogP contribution in [-0.4, -0.2) is 25.7 Å². The van der Waals surface area contributed by atoms with Crippen molar-refractivity contribution in [2.75, 3.05) is 13.7 Å². The van der Waals surface area contributed by atoms with Gasteiger partial charge in [0, 0.05) is 6.42 Å². The minimum Gasteiger partial charge on any atom is -0.469 e. The van der Waals surface area contributed by atoms with Gasteiger partial charge in [0.1, 0.15) is 0 Å². The average molecular weight is 264 g/mol. The highest BCUT2D eigenvalue weighted by Gasteiger charge is 2.07. The molecule has 1 aromatic rings. The van der Waals surface area contributed by atoms with E-state index in [-0.39, 0.29) is 18.4 Å². The van der Waals surface area contributed by atoms with E-state index in [2.05, 4.69) is 4.74 Å². The first-order valence-corrected chi connectivity index (χ1v) is 6.37. The zero-order valence-electron chi connectivity index (χ0n) is 11.7. The Labute approximate surface area is 113 Å². The van der Waals surface area contributed by atoms with Crippen LogP contribution >= 0.6 is 0 Å². The lowest BCUT2D eigenvalue weighted by Gasteiger charge is -2.07. The molecule has 104 valence electrons. The van der Waals surface area contributed by atoms with E-state index in [1.54, 1.807) is 6.92 Å². The predicted octanol–water partition coefficient (Wildman–Crippen LogP) is 2.21. The molecule has 0 radical (unpaired) electrons. The summed E-state index contributed by atoms with van der Waals surface area (Å²) in [4.78, 5) is 22.6. The van der Waals surface area contributed by atoms with Gasteiger partial charge in [-0.1, -0.05) is 23.8 Å². The lowest BCUT2D eigenvalue weighted by atomic mass is 10.0. The summed E-state index contributed by atoms with van der Waals surface area (Å²) in [7, 11) is 1.37. The number of hydrogen-bond donors (Lipinski definition) is 0. The van der Waals surface area contributed by atoms with Crippen molar-refractivity contribution in [1.82, 2.24) is 0 Å². The quantitative estimate of drug-likeness (QED) is 0.739. The van der Waals surface area contributed by atoms with Crippen molar-refractivity contribution in [3.63, 3.8) is 0 Å². The number of carbonyl (C=O) groups excluding carboxylic acids is 2. The Morgan fingerprint density at radius 3 is 2.42 bits per heavy atom. The second-order valence-electron chi connectivity index (χ2n) is 4.38. The predicted molar refractivity (Wildman–Crippen MR) is 71.9 cm³/mol. The molecule has 19 heavy (non-hydrogen) atoms. The molecular weight excluding hydrogens is 244 g/mol. The first-order valence-electron chi connectivity index (χ1n) is 6.37. The summed E-state index contributed by atoms with van der Waals surface area (Å²) < 4.78 is 9.54. The topological polar surface area (TPSA) is 52.6 Å². The van der Waals surface area contributed by atoms with Crippen molar-refractivity contribution in [2.24, 2.45) is 0 Å². The minimum atomic E-state index is -0.262. The van der Waals surface area contributed by atoms with Crippen LogP contribution in [0.4, 0.5) is 0 Å². The van der Waals surface area contributed by atoms with Crippen LogP contribution in [0.5, 0.6) is 0 Å². The maximum absolute atomic E-state index is 11.3. The second-order valence-corrected chi connectivity index (χ2v) is 4.38. The van der Waals surface area contributed by atoms with Crippen molar-refractivity contribution in [1.29, 1.82) is 0 Å². The molecule has 0 aliphatic heterocycles. The highest BCUT2D eigenvalue weighted by molar-refractivity contribution is 5.72. The zero-order valence-corrected chi connectivity index (χ0v) is 11.7. The van der Waals surface area contributed by atoms with Crippen molar-refractivity contribution in [2.45, 2.75) is 33.1 Å². The molecule has 0 saturated heterocycles. The Bertz CT molecular complexity index is 451. The first kappa shape index (κ1) is 15.2. The molecule has 1 aromatic carbocycles. The molecule has 0 saturated carbocycles. The van der Waals surface area contributed by atoms with Crippen molar-refractivity contribution < 1.29 is 19.1 Å². The van der Waals surface area contributed by atoms with Crippen LogP contribution in [0.3, 0.4) is 0 Å². The van der Waals surface area contributed by atoms with Gasteiger partial charge in [-0.15, -0.1) is 0 Å². The molecule has 0 aromatic heterocycles. The number of ether oxygens (including phenoxy) is 2. The Kier molecular flexibility index (Phi) is 6.06. The maximum Gasteiger partial charge on any atom is 0.309 e. The number of benzene rings is 1. The molecule has 0 heterocycles. The fourth-order valence-electron chi connectivity index (χ4n) is 1.91. The first-order chi connectivity index (χ1) is 9.05. The monoisotopic (exact) mass is 264 g/mol. The van der Waals surface area contributed by atoms with Crippen LogP contribution < -0.4 is 0 Å². The molecule has 0 bridgehead atoms. The standard InChI is InChI=1S/C15H20O4/c1-4-19-14(16)6-5-12-7-11(2)8-13(9-12)10-15(17)18-3/h7-9H,4-6,10H2,1-3H3. The number of methoxy groups -OCH3 is 1. The van der Waals surface area contributed by atoms with Crippen LogP contribution in [0.2, 0.25) is 0 Å². The Morgan fingerprint density at radius 2 is 1.79 bits per heavy atom. The maximum atomic E-state index is 11.3. The van der Waals surface area contributed by atoms with Gasteiger partial charge in [-0.25, -0.2) is 0 Å².